The van der Waals surface area contributed by atoms with Crippen molar-refractivity contribution in [3.05, 3.63) is 41.1 Å². The van der Waals surface area contributed by atoms with Crippen LogP contribution in [0.25, 0.3) is 0 Å². The number of hydrogen-bond donors (Lipinski definition) is 3. The lowest BCUT2D eigenvalue weighted by Crippen LogP contribution is -2.52. The number of hydrogen-bond acceptors (Lipinski definition) is 7. The molecule has 2 aliphatic heterocycles. The van der Waals surface area contributed by atoms with Crippen LogP contribution in [-0.2, 0) is 6.18 Å². The molecular formula is C21H25F5N6O. The van der Waals surface area contributed by atoms with Crippen LogP contribution in [0.5, 0.6) is 5.75 Å². The van der Waals surface area contributed by atoms with Gasteiger partial charge in [-0.2, -0.15) is 22.0 Å². The van der Waals surface area contributed by atoms with Crippen molar-refractivity contribution in [1.29, 1.82) is 5.41 Å². The molecule has 3 rings (SSSR count). The molecule has 0 spiro atoms. The first-order valence-corrected chi connectivity index (χ1v) is 10.4. The number of nitrogens with zero attached hydrogens (tertiary/aromatic N) is 3. The maximum atomic E-state index is 13.1. The fourth-order valence-corrected chi connectivity index (χ4v) is 3.69. The second-order valence-electron chi connectivity index (χ2n) is 7.73. The first-order valence-electron chi connectivity index (χ1n) is 10.4. The van der Waals surface area contributed by atoms with E-state index in [-0.39, 0.29) is 28.7 Å². The van der Waals surface area contributed by atoms with Crippen molar-refractivity contribution in [3.8, 4) is 5.75 Å². The standard InChI is InChI=1S/C21H25F5N6O/c1-3-32-8-4-5-14(11-32)28-20-29-16(9-12(2)27)18(30-31-20)15-7-6-13(21(24,25)26)10-17(15)33-19(22)23/h6-7,9-10,14,19,27H,3-5,8,11H2,1-2H3,(H2,28,29,31)/b16-9-,27-12?. The Hall–Kier alpha value is -3.02. The highest BCUT2D eigenvalue weighted by atomic mass is 19.4. The van der Waals surface area contributed by atoms with Crippen molar-refractivity contribution in [2.75, 3.05) is 19.6 Å². The molecule has 0 bridgehead atoms. The highest BCUT2D eigenvalue weighted by molar-refractivity contribution is 6.19. The van der Waals surface area contributed by atoms with Crippen molar-refractivity contribution in [2.45, 2.75) is 45.5 Å². The minimum atomic E-state index is -4.74. The smallest absolute Gasteiger partial charge is 0.416 e. The summed E-state index contributed by atoms with van der Waals surface area (Å²) in [5.74, 6) is -0.385. The lowest BCUT2D eigenvalue weighted by molar-refractivity contribution is -0.138. The zero-order valence-electron chi connectivity index (χ0n) is 18.1. The molecule has 180 valence electrons. The van der Waals surface area contributed by atoms with Gasteiger partial charge in [-0.05, 0) is 57.1 Å². The quantitative estimate of drug-likeness (QED) is 0.432. The molecule has 1 aromatic rings. The van der Waals surface area contributed by atoms with E-state index in [1.807, 2.05) is 0 Å². The maximum absolute atomic E-state index is 13.1. The minimum absolute atomic E-state index is 0.0182. The molecule has 1 saturated heterocycles. The van der Waals surface area contributed by atoms with Gasteiger partial charge in [0, 0.05) is 23.9 Å². The van der Waals surface area contributed by atoms with Crippen molar-refractivity contribution < 1.29 is 26.7 Å². The van der Waals surface area contributed by atoms with Crippen molar-refractivity contribution in [1.82, 2.24) is 15.5 Å². The van der Waals surface area contributed by atoms with Crippen LogP contribution in [0.4, 0.5) is 22.0 Å². The Kier molecular flexibility index (Phi) is 7.67. The molecule has 0 amide bonds. The van der Waals surface area contributed by atoms with Crippen LogP contribution < -0.4 is 15.4 Å². The normalized spacial score (nSPS) is 20.8. The van der Waals surface area contributed by atoms with Gasteiger partial charge in [0.2, 0.25) is 5.96 Å². The summed E-state index contributed by atoms with van der Waals surface area (Å²) in [6.07, 6.45) is -1.42. The number of allylic oxidation sites excluding steroid dienone is 2. The van der Waals surface area contributed by atoms with Gasteiger partial charge in [0.1, 0.15) is 11.5 Å². The molecule has 12 heteroatoms. The summed E-state index contributed by atoms with van der Waals surface area (Å²) < 4.78 is 69.5. The molecular weight excluding hydrogens is 447 g/mol. The summed E-state index contributed by atoms with van der Waals surface area (Å²) in [6, 6.07) is 2.36. The van der Waals surface area contributed by atoms with Crippen LogP contribution in [0, 0.1) is 5.41 Å². The molecule has 0 radical (unpaired) electrons. The first-order chi connectivity index (χ1) is 15.6. The lowest BCUT2D eigenvalue weighted by atomic mass is 10.0. The van der Waals surface area contributed by atoms with E-state index in [1.54, 1.807) is 0 Å². The fourth-order valence-electron chi connectivity index (χ4n) is 3.69. The van der Waals surface area contributed by atoms with E-state index in [9.17, 15) is 22.0 Å². The summed E-state index contributed by atoms with van der Waals surface area (Å²) in [5, 5.41) is 22.2. The van der Waals surface area contributed by atoms with Crippen LogP contribution in [0.3, 0.4) is 0 Å². The largest absolute Gasteiger partial charge is 0.434 e. The van der Waals surface area contributed by atoms with Crippen LogP contribution >= 0.6 is 0 Å². The third-order valence-corrected chi connectivity index (χ3v) is 5.19. The maximum Gasteiger partial charge on any atom is 0.416 e. The molecule has 1 fully saturated rings. The Balaban J connectivity index is 1.96. The summed E-state index contributed by atoms with van der Waals surface area (Å²) in [6.45, 7) is 2.97. The predicted octanol–water partition coefficient (Wildman–Crippen LogP) is 3.97. The summed E-state index contributed by atoms with van der Waals surface area (Å²) in [5.41, 5.74) is -0.925. The number of likely N-dealkylation sites (N-methyl/N-ethyl adjacent to an activating group) is 1. The van der Waals surface area contributed by atoms with Gasteiger partial charge in [-0.15, -0.1) is 10.2 Å². The number of nitrogens with one attached hydrogen (secondary N) is 3. The molecule has 3 N–H and O–H groups in total. The van der Waals surface area contributed by atoms with Crippen molar-refractivity contribution >= 4 is 17.4 Å². The average Bonchev–Trinajstić information content (AvgIpc) is 2.73. The molecule has 1 unspecified atom stereocenters. The summed E-state index contributed by atoms with van der Waals surface area (Å²) in [4.78, 5) is 2.29. The molecule has 7 nitrogen and oxygen atoms in total. The first kappa shape index (κ1) is 24.6. The van der Waals surface area contributed by atoms with Gasteiger partial charge in [0.25, 0.3) is 0 Å². The molecule has 1 atom stereocenters. The Morgan fingerprint density at radius 3 is 2.76 bits per heavy atom. The Morgan fingerprint density at radius 2 is 2.12 bits per heavy atom. The van der Waals surface area contributed by atoms with E-state index >= 15 is 0 Å². The third-order valence-electron chi connectivity index (χ3n) is 5.19. The zero-order valence-corrected chi connectivity index (χ0v) is 18.1. The number of ether oxygens (including phenoxy) is 1. The number of rotatable bonds is 6. The van der Waals surface area contributed by atoms with E-state index in [0.29, 0.717) is 12.0 Å². The number of likely N-dealkylation sites (tertiary alicyclic amines) is 1. The highest BCUT2D eigenvalue weighted by Crippen LogP contribution is 2.34. The lowest BCUT2D eigenvalue weighted by Gasteiger charge is -2.33. The SMILES string of the molecule is CCN1CCCC(NC2=NN=C(c3ccc(C(F)(F)F)cc3OC(F)F)/C(=C/C(C)=N)N2)C1. The summed E-state index contributed by atoms with van der Waals surface area (Å²) >= 11 is 0. The van der Waals surface area contributed by atoms with Gasteiger partial charge >= 0.3 is 12.8 Å². The minimum Gasteiger partial charge on any atom is -0.434 e. The average molecular weight is 472 g/mol. The van der Waals surface area contributed by atoms with Gasteiger partial charge in [-0.3, -0.25) is 0 Å². The molecule has 1 aromatic carbocycles. The monoisotopic (exact) mass is 472 g/mol. The molecule has 2 heterocycles. The van der Waals surface area contributed by atoms with E-state index in [0.717, 1.165) is 44.6 Å². The number of alkyl halides is 5. The predicted molar refractivity (Wildman–Crippen MR) is 115 cm³/mol. The van der Waals surface area contributed by atoms with E-state index in [2.05, 4.69) is 37.4 Å². The summed E-state index contributed by atoms with van der Waals surface area (Å²) in [7, 11) is 0. The Morgan fingerprint density at radius 1 is 1.36 bits per heavy atom. The highest BCUT2D eigenvalue weighted by Gasteiger charge is 2.33. The van der Waals surface area contributed by atoms with Gasteiger partial charge in [0.15, 0.2) is 0 Å². The van der Waals surface area contributed by atoms with E-state index < -0.39 is 24.1 Å². The number of guanidine groups is 1. The van der Waals surface area contributed by atoms with Crippen LogP contribution in [0.1, 0.15) is 37.8 Å². The van der Waals surface area contributed by atoms with Crippen LogP contribution in [0.15, 0.2) is 40.2 Å². The fraction of sp³-hybridized carbons (Fsp3) is 0.476. The topological polar surface area (TPSA) is 85.1 Å². The van der Waals surface area contributed by atoms with Crippen molar-refractivity contribution in [2.24, 2.45) is 10.2 Å². The number of piperidine rings is 1. The van der Waals surface area contributed by atoms with E-state index in [4.69, 9.17) is 5.41 Å². The Bertz CT molecular complexity index is 972. The van der Waals surface area contributed by atoms with Gasteiger partial charge in [-0.25, -0.2) is 0 Å². The molecule has 0 saturated carbocycles. The molecule has 33 heavy (non-hydrogen) atoms. The number of halogens is 5. The van der Waals surface area contributed by atoms with Gasteiger partial charge in [0.05, 0.1) is 11.3 Å². The van der Waals surface area contributed by atoms with Gasteiger partial charge < -0.3 is 25.7 Å². The molecule has 0 aliphatic carbocycles. The number of benzene rings is 1. The van der Waals surface area contributed by atoms with E-state index in [1.165, 1.54) is 13.0 Å². The third kappa shape index (κ3) is 6.50. The second-order valence-corrected chi connectivity index (χ2v) is 7.73. The second kappa shape index (κ2) is 10.3. The Labute approximate surface area is 187 Å². The molecule has 0 aromatic heterocycles. The van der Waals surface area contributed by atoms with Crippen molar-refractivity contribution in [3.63, 3.8) is 0 Å². The molecule has 2 aliphatic rings. The van der Waals surface area contributed by atoms with Crippen LogP contribution in [0.2, 0.25) is 0 Å². The van der Waals surface area contributed by atoms with Gasteiger partial charge in [-0.1, -0.05) is 6.92 Å². The van der Waals surface area contributed by atoms with Crippen LogP contribution in [-0.4, -0.2) is 54.6 Å². The zero-order chi connectivity index (χ0) is 24.2.